The Labute approximate surface area is 146 Å². The summed E-state index contributed by atoms with van der Waals surface area (Å²) in [5.74, 6) is 2.16. The van der Waals surface area contributed by atoms with E-state index in [0.29, 0.717) is 18.1 Å². The zero-order valence-electron chi connectivity index (χ0n) is 14.0. The molecule has 0 spiro atoms. The van der Waals surface area contributed by atoms with E-state index in [1.54, 1.807) is 10.7 Å². The molecule has 25 heavy (non-hydrogen) atoms. The van der Waals surface area contributed by atoms with E-state index in [0.717, 1.165) is 24.7 Å². The van der Waals surface area contributed by atoms with Crippen molar-refractivity contribution in [2.45, 2.75) is 25.8 Å². The number of hydrogen-bond donors (Lipinski definition) is 1. The first kappa shape index (κ1) is 15.6. The molecule has 2 aromatic heterocycles. The Morgan fingerprint density at radius 2 is 1.92 bits per heavy atom. The zero-order chi connectivity index (χ0) is 16.9. The Kier molecular flexibility index (Phi) is 4.54. The number of aromatic nitrogens is 4. The second-order valence-corrected chi connectivity index (χ2v) is 6.07. The SMILES string of the molecule is c1ccc(NC(=NCc2nc3ncccn3n2)N2CCCCC2)cc1. The van der Waals surface area contributed by atoms with E-state index >= 15 is 0 Å². The zero-order valence-corrected chi connectivity index (χ0v) is 14.0. The van der Waals surface area contributed by atoms with Crippen LogP contribution in [0.1, 0.15) is 25.1 Å². The number of fused-ring (bicyclic) bond motifs is 1. The number of para-hydroxylation sites is 1. The average molecular weight is 335 g/mol. The summed E-state index contributed by atoms with van der Waals surface area (Å²) in [4.78, 5) is 15.7. The number of benzene rings is 1. The molecule has 0 radical (unpaired) electrons. The van der Waals surface area contributed by atoms with Crippen molar-refractivity contribution in [3.8, 4) is 0 Å². The maximum Gasteiger partial charge on any atom is 0.252 e. The van der Waals surface area contributed by atoms with Crippen LogP contribution in [-0.4, -0.2) is 43.5 Å². The van der Waals surface area contributed by atoms with Crippen LogP contribution in [0, 0.1) is 0 Å². The molecule has 3 heterocycles. The molecule has 3 aromatic rings. The fraction of sp³-hybridized carbons (Fsp3) is 0.333. The predicted octanol–water partition coefficient (Wildman–Crippen LogP) is 2.58. The first-order valence-corrected chi connectivity index (χ1v) is 8.66. The van der Waals surface area contributed by atoms with Crippen molar-refractivity contribution in [2.24, 2.45) is 4.99 Å². The lowest BCUT2D eigenvalue weighted by molar-refractivity contribution is 0.340. The molecular formula is C18H21N7. The molecule has 1 aliphatic heterocycles. The van der Waals surface area contributed by atoms with Gasteiger partial charge in [0.05, 0.1) is 0 Å². The third-order valence-electron chi connectivity index (χ3n) is 4.22. The van der Waals surface area contributed by atoms with E-state index in [-0.39, 0.29) is 0 Å². The summed E-state index contributed by atoms with van der Waals surface area (Å²) < 4.78 is 1.68. The van der Waals surface area contributed by atoms with Gasteiger partial charge < -0.3 is 10.2 Å². The molecule has 0 saturated carbocycles. The maximum atomic E-state index is 4.77. The monoisotopic (exact) mass is 335 g/mol. The number of hydrogen-bond acceptors (Lipinski definition) is 4. The number of likely N-dealkylation sites (tertiary alicyclic amines) is 1. The van der Waals surface area contributed by atoms with E-state index in [9.17, 15) is 0 Å². The molecule has 0 atom stereocenters. The van der Waals surface area contributed by atoms with Gasteiger partial charge in [-0.1, -0.05) is 18.2 Å². The minimum absolute atomic E-state index is 0.426. The first-order chi connectivity index (χ1) is 12.4. The van der Waals surface area contributed by atoms with Crippen LogP contribution < -0.4 is 5.32 Å². The fourth-order valence-electron chi connectivity index (χ4n) is 2.96. The number of rotatable bonds is 3. The van der Waals surface area contributed by atoms with Crippen LogP contribution in [0.15, 0.2) is 53.8 Å². The van der Waals surface area contributed by atoms with Crippen LogP contribution in [0.25, 0.3) is 5.78 Å². The number of piperidine rings is 1. The van der Waals surface area contributed by atoms with Crippen LogP contribution >= 0.6 is 0 Å². The van der Waals surface area contributed by atoms with Gasteiger partial charge in [0.2, 0.25) is 0 Å². The molecule has 1 aromatic carbocycles. The Bertz CT molecular complexity index is 817. The molecule has 4 rings (SSSR count). The lowest BCUT2D eigenvalue weighted by Crippen LogP contribution is -2.40. The molecule has 7 heteroatoms. The summed E-state index contributed by atoms with van der Waals surface area (Å²) in [6, 6.07) is 12.0. The molecule has 0 aliphatic carbocycles. The summed E-state index contributed by atoms with van der Waals surface area (Å²) in [5, 5.41) is 7.88. The van der Waals surface area contributed by atoms with E-state index in [4.69, 9.17) is 4.99 Å². The van der Waals surface area contributed by atoms with Crippen molar-refractivity contribution in [3.63, 3.8) is 0 Å². The van der Waals surface area contributed by atoms with Crippen LogP contribution in [0.2, 0.25) is 0 Å². The summed E-state index contributed by atoms with van der Waals surface area (Å²) in [7, 11) is 0. The molecule has 1 saturated heterocycles. The first-order valence-electron chi connectivity index (χ1n) is 8.66. The molecule has 1 aliphatic rings. The minimum atomic E-state index is 0.426. The molecule has 0 unspecified atom stereocenters. The fourth-order valence-corrected chi connectivity index (χ4v) is 2.96. The van der Waals surface area contributed by atoms with Crippen molar-refractivity contribution < 1.29 is 0 Å². The van der Waals surface area contributed by atoms with Gasteiger partial charge in [-0.05, 0) is 37.5 Å². The molecule has 7 nitrogen and oxygen atoms in total. The van der Waals surface area contributed by atoms with E-state index < -0.39 is 0 Å². The molecule has 1 fully saturated rings. The molecule has 1 N–H and O–H groups in total. The molecule has 0 bridgehead atoms. The van der Waals surface area contributed by atoms with Crippen LogP contribution in [-0.2, 0) is 6.54 Å². The van der Waals surface area contributed by atoms with Crippen molar-refractivity contribution in [1.82, 2.24) is 24.5 Å². The van der Waals surface area contributed by atoms with Gasteiger partial charge in [-0.3, -0.25) is 0 Å². The average Bonchev–Trinajstić information content (AvgIpc) is 3.09. The highest BCUT2D eigenvalue weighted by atomic mass is 15.3. The van der Waals surface area contributed by atoms with Crippen molar-refractivity contribution in [2.75, 3.05) is 18.4 Å². The quantitative estimate of drug-likeness (QED) is 0.588. The lowest BCUT2D eigenvalue weighted by Gasteiger charge is -2.30. The molecule has 128 valence electrons. The summed E-state index contributed by atoms with van der Waals surface area (Å²) in [6.07, 6.45) is 7.25. The Hall–Kier alpha value is -2.96. The Morgan fingerprint density at radius 3 is 2.72 bits per heavy atom. The third kappa shape index (κ3) is 3.76. The smallest absolute Gasteiger partial charge is 0.252 e. The van der Waals surface area contributed by atoms with Gasteiger partial charge in [-0.15, -0.1) is 5.10 Å². The van der Waals surface area contributed by atoms with Gasteiger partial charge in [0.25, 0.3) is 5.78 Å². The van der Waals surface area contributed by atoms with Gasteiger partial charge in [-0.2, -0.15) is 4.98 Å². The number of nitrogens with zero attached hydrogens (tertiary/aromatic N) is 6. The second-order valence-electron chi connectivity index (χ2n) is 6.07. The highest BCUT2D eigenvalue weighted by Crippen LogP contribution is 2.13. The van der Waals surface area contributed by atoms with Gasteiger partial charge in [-0.25, -0.2) is 14.5 Å². The van der Waals surface area contributed by atoms with Crippen molar-refractivity contribution >= 4 is 17.4 Å². The number of guanidine groups is 1. The number of nitrogens with one attached hydrogen (secondary N) is 1. The largest absolute Gasteiger partial charge is 0.343 e. The lowest BCUT2D eigenvalue weighted by atomic mass is 10.1. The topological polar surface area (TPSA) is 70.7 Å². The van der Waals surface area contributed by atoms with Gasteiger partial charge in [0.1, 0.15) is 6.54 Å². The Balaban J connectivity index is 1.56. The van der Waals surface area contributed by atoms with Gasteiger partial charge in [0, 0.05) is 31.2 Å². The van der Waals surface area contributed by atoms with Crippen LogP contribution in [0.4, 0.5) is 5.69 Å². The van der Waals surface area contributed by atoms with Crippen molar-refractivity contribution in [1.29, 1.82) is 0 Å². The molecule has 0 amide bonds. The third-order valence-corrected chi connectivity index (χ3v) is 4.22. The predicted molar refractivity (Wildman–Crippen MR) is 97.4 cm³/mol. The summed E-state index contributed by atoms with van der Waals surface area (Å²) >= 11 is 0. The minimum Gasteiger partial charge on any atom is -0.343 e. The van der Waals surface area contributed by atoms with E-state index in [1.165, 1.54) is 19.3 Å². The maximum absolute atomic E-state index is 4.77. The normalized spacial score (nSPS) is 15.5. The number of anilines is 1. The van der Waals surface area contributed by atoms with Crippen LogP contribution in [0.5, 0.6) is 0 Å². The van der Waals surface area contributed by atoms with Gasteiger partial charge in [0.15, 0.2) is 11.8 Å². The van der Waals surface area contributed by atoms with Crippen molar-refractivity contribution in [3.05, 3.63) is 54.6 Å². The highest BCUT2D eigenvalue weighted by molar-refractivity contribution is 5.93. The van der Waals surface area contributed by atoms with Crippen LogP contribution in [0.3, 0.4) is 0 Å². The highest BCUT2D eigenvalue weighted by Gasteiger charge is 2.15. The van der Waals surface area contributed by atoms with E-state index in [1.807, 2.05) is 42.6 Å². The number of aliphatic imine (C=N–C) groups is 1. The Morgan fingerprint density at radius 1 is 1.08 bits per heavy atom. The van der Waals surface area contributed by atoms with E-state index in [2.05, 4.69) is 25.3 Å². The summed E-state index contributed by atoms with van der Waals surface area (Å²) in [5.41, 5.74) is 1.04. The second kappa shape index (κ2) is 7.29. The summed E-state index contributed by atoms with van der Waals surface area (Å²) in [6.45, 7) is 2.48. The van der Waals surface area contributed by atoms with Gasteiger partial charge >= 0.3 is 0 Å². The standard InChI is InChI=1S/C18H21N7/c1-3-8-15(9-4-1)21-17(24-11-5-2-6-12-24)20-14-16-22-18-19-10-7-13-25(18)23-16/h1,3-4,7-10,13H,2,5-6,11-12,14H2,(H,20,21). The molecular weight excluding hydrogens is 314 g/mol.